The minimum absolute atomic E-state index is 0.0919. The van der Waals surface area contributed by atoms with Crippen LogP contribution in [0.25, 0.3) is 0 Å². The zero-order chi connectivity index (χ0) is 24.3. The predicted molar refractivity (Wildman–Crippen MR) is 111 cm³/mol. The van der Waals surface area contributed by atoms with Crippen molar-refractivity contribution in [2.75, 3.05) is 11.9 Å². The third-order valence-electron chi connectivity index (χ3n) is 4.92. The topological polar surface area (TPSA) is 92.8 Å². The highest BCUT2D eigenvalue weighted by atomic mass is 19.4. The number of rotatable bonds is 7. The first kappa shape index (κ1) is 24.0. The summed E-state index contributed by atoms with van der Waals surface area (Å²) in [4.78, 5) is 51.2. The molecule has 2 aromatic carbocycles. The van der Waals surface area contributed by atoms with E-state index in [2.05, 4.69) is 5.32 Å². The van der Waals surface area contributed by atoms with Gasteiger partial charge >= 0.3 is 12.1 Å². The molecule has 7 nitrogen and oxygen atoms in total. The maximum absolute atomic E-state index is 12.8. The van der Waals surface area contributed by atoms with E-state index < -0.39 is 48.1 Å². The average molecular weight is 462 g/mol. The van der Waals surface area contributed by atoms with Crippen LogP contribution in [0.2, 0.25) is 0 Å². The minimum atomic E-state index is -4.58. The minimum Gasteiger partial charge on any atom is -0.454 e. The number of esters is 1. The van der Waals surface area contributed by atoms with Gasteiger partial charge in [-0.25, -0.2) is 4.79 Å². The molecule has 2 aromatic rings. The molecular weight excluding hydrogens is 441 g/mol. The largest absolute Gasteiger partial charge is 0.454 e. The number of hydrogen-bond acceptors (Lipinski definition) is 5. The molecule has 0 fully saturated rings. The van der Waals surface area contributed by atoms with E-state index in [9.17, 15) is 32.3 Å². The summed E-state index contributed by atoms with van der Waals surface area (Å²) in [5, 5.41) is 2.23. The second kappa shape index (κ2) is 9.43. The Morgan fingerprint density at radius 3 is 2.15 bits per heavy atom. The number of amides is 3. The van der Waals surface area contributed by atoms with Crippen LogP contribution in [0.15, 0.2) is 48.5 Å². The first-order chi connectivity index (χ1) is 15.5. The van der Waals surface area contributed by atoms with Gasteiger partial charge < -0.3 is 10.1 Å². The lowest BCUT2D eigenvalue weighted by Gasteiger charge is -2.25. The molecule has 3 rings (SSSR count). The van der Waals surface area contributed by atoms with Crippen LogP contribution in [0.1, 0.15) is 46.5 Å². The Kier molecular flexibility index (Phi) is 6.85. The van der Waals surface area contributed by atoms with Crippen molar-refractivity contribution in [1.82, 2.24) is 4.90 Å². The van der Waals surface area contributed by atoms with Crippen molar-refractivity contribution in [3.63, 3.8) is 0 Å². The quantitative estimate of drug-likeness (QED) is 0.498. The van der Waals surface area contributed by atoms with Crippen molar-refractivity contribution in [3.8, 4) is 0 Å². The third-order valence-corrected chi connectivity index (χ3v) is 4.92. The second-order valence-corrected chi connectivity index (χ2v) is 7.91. The van der Waals surface area contributed by atoms with E-state index in [1.54, 1.807) is 26.0 Å². The van der Waals surface area contributed by atoms with Crippen molar-refractivity contribution in [3.05, 3.63) is 65.2 Å². The van der Waals surface area contributed by atoms with Crippen LogP contribution < -0.4 is 5.32 Å². The van der Waals surface area contributed by atoms with Gasteiger partial charge in [-0.2, -0.15) is 13.2 Å². The van der Waals surface area contributed by atoms with E-state index in [1.807, 2.05) is 0 Å². The van der Waals surface area contributed by atoms with E-state index in [-0.39, 0.29) is 29.2 Å². The van der Waals surface area contributed by atoms with Crippen LogP contribution in [-0.4, -0.2) is 41.2 Å². The molecule has 1 atom stereocenters. The van der Waals surface area contributed by atoms with Gasteiger partial charge in [0.1, 0.15) is 6.04 Å². The van der Waals surface area contributed by atoms with Gasteiger partial charge in [0, 0.05) is 5.69 Å². The molecule has 10 heteroatoms. The zero-order valence-corrected chi connectivity index (χ0v) is 17.8. The standard InChI is InChI=1S/C23H21F3N2O5/c1-13(2)10-18(28-20(30)16-8-3-4-9-17(16)21(28)31)22(32)33-12-19(29)27-15-7-5-6-14(11-15)23(24,25)26/h3-9,11,13,18H,10,12H2,1-2H3,(H,27,29)/t18-/m1/s1. The van der Waals surface area contributed by atoms with Gasteiger partial charge in [-0.1, -0.05) is 32.0 Å². The summed E-state index contributed by atoms with van der Waals surface area (Å²) in [6.07, 6.45) is -4.47. The summed E-state index contributed by atoms with van der Waals surface area (Å²) in [5.41, 5.74) is -0.720. The van der Waals surface area contributed by atoms with E-state index in [0.717, 1.165) is 23.1 Å². The lowest BCUT2D eigenvalue weighted by Crippen LogP contribution is -2.46. The smallest absolute Gasteiger partial charge is 0.416 e. The summed E-state index contributed by atoms with van der Waals surface area (Å²) in [5.74, 6) is -3.19. The fourth-order valence-electron chi connectivity index (χ4n) is 3.45. The van der Waals surface area contributed by atoms with Crippen molar-refractivity contribution >= 4 is 29.4 Å². The molecule has 1 aliphatic heterocycles. The highest BCUT2D eigenvalue weighted by molar-refractivity contribution is 6.22. The molecule has 0 aliphatic carbocycles. The molecule has 0 aromatic heterocycles. The highest BCUT2D eigenvalue weighted by Crippen LogP contribution is 2.31. The maximum Gasteiger partial charge on any atom is 0.416 e. The number of ether oxygens (including phenoxy) is 1. The number of imide groups is 1. The SMILES string of the molecule is CC(C)C[C@H](C(=O)OCC(=O)Nc1cccc(C(F)(F)F)c1)N1C(=O)c2ccccc2C1=O. The number of alkyl halides is 3. The molecule has 0 saturated carbocycles. The third kappa shape index (κ3) is 5.39. The highest BCUT2D eigenvalue weighted by Gasteiger charge is 2.43. The molecule has 0 radical (unpaired) electrons. The average Bonchev–Trinajstić information content (AvgIpc) is 3.00. The normalized spacial score (nSPS) is 14.3. The van der Waals surface area contributed by atoms with Crippen LogP contribution in [-0.2, 0) is 20.5 Å². The Labute approximate surface area is 187 Å². The summed E-state index contributed by atoms with van der Waals surface area (Å²) in [7, 11) is 0. The summed E-state index contributed by atoms with van der Waals surface area (Å²) in [6, 6.07) is 8.91. The first-order valence-corrected chi connectivity index (χ1v) is 10.1. The van der Waals surface area contributed by atoms with Gasteiger partial charge in [-0.3, -0.25) is 19.3 Å². The fourth-order valence-corrected chi connectivity index (χ4v) is 3.45. The molecule has 0 unspecified atom stereocenters. The van der Waals surface area contributed by atoms with Crippen LogP contribution >= 0.6 is 0 Å². The molecule has 0 saturated heterocycles. The van der Waals surface area contributed by atoms with Crippen molar-refractivity contribution in [2.24, 2.45) is 5.92 Å². The maximum atomic E-state index is 12.8. The van der Waals surface area contributed by atoms with Crippen LogP contribution in [0, 0.1) is 5.92 Å². The summed E-state index contributed by atoms with van der Waals surface area (Å²) >= 11 is 0. The number of nitrogens with one attached hydrogen (secondary N) is 1. The molecule has 33 heavy (non-hydrogen) atoms. The summed E-state index contributed by atoms with van der Waals surface area (Å²) < 4.78 is 43.5. The molecule has 1 heterocycles. The lowest BCUT2D eigenvalue weighted by atomic mass is 10.0. The zero-order valence-electron chi connectivity index (χ0n) is 17.8. The van der Waals surface area contributed by atoms with Gasteiger partial charge in [0.15, 0.2) is 6.61 Å². The lowest BCUT2D eigenvalue weighted by molar-refractivity contribution is -0.151. The predicted octanol–water partition coefficient (Wildman–Crippen LogP) is 3.90. The number of hydrogen-bond donors (Lipinski definition) is 1. The van der Waals surface area contributed by atoms with Gasteiger partial charge in [-0.15, -0.1) is 0 Å². The number of nitrogens with zero attached hydrogens (tertiary/aromatic N) is 1. The Hall–Kier alpha value is -3.69. The molecular formula is C23H21F3N2O5. The molecule has 1 aliphatic rings. The molecule has 3 amide bonds. The monoisotopic (exact) mass is 462 g/mol. The van der Waals surface area contributed by atoms with Crippen LogP contribution in [0.4, 0.5) is 18.9 Å². The Morgan fingerprint density at radius 1 is 1.00 bits per heavy atom. The van der Waals surface area contributed by atoms with Gasteiger partial charge in [0.25, 0.3) is 17.7 Å². The first-order valence-electron chi connectivity index (χ1n) is 10.1. The second-order valence-electron chi connectivity index (χ2n) is 7.91. The van der Waals surface area contributed by atoms with Crippen LogP contribution in [0.5, 0.6) is 0 Å². The molecule has 1 N–H and O–H groups in total. The number of anilines is 1. The van der Waals surface area contributed by atoms with Crippen molar-refractivity contribution in [2.45, 2.75) is 32.5 Å². The molecule has 0 bridgehead atoms. The van der Waals surface area contributed by atoms with Gasteiger partial charge in [0.05, 0.1) is 16.7 Å². The van der Waals surface area contributed by atoms with E-state index in [0.29, 0.717) is 0 Å². The molecule has 0 spiro atoms. The Morgan fingerprint density at radius 2 is 1.61 bits per heavy atom. The number of halogens is 3. The van der Waals surface area contributed by atoms with Crippen molar-refractivity contribution in [1.29, 1.82) is 0 Å². The fraction of sp³-hybridized carbons (Fsp3) is 0.304. The van der Waals surface area contributed by atoms with Gasteiger partial charge in [-0.05, 0) is 42.7 Å². The Balaban J connectivity index is 1.69. The van der Waals surface area contributed by atoms with E-state index in [4.69, 9.17) is 4.74 Å². The van der Waals surface area contributed by atoms with E-state index in [1.165, 1.54) is 18.2 Å². The number of fused-ring (bicyclic) bond motifs is 1. The number of carbonyl (C=O) groups is 4. The van der Waals surface area contributed by atoms with Gasteiger partial charge in [0.2, 0.25) is 0 Å². The van der Waals surface area contributed by atoms with E-state index >= 15 is 0 Å². The number of benzene rings is 2. The summed E-state index contributed by atoms with van der Waals surface area (Å²) in [6.45, 7) is 2.78. The Bertz CT molecular complexity index is 1060. The molecule has 174 valence electrons. The number of carbonyl (C=O) groups excluding carboxylic acids is 4. The van der Waals surface area contributed by atoms with Crippen molar-refractivity contribution < 1.29 is 37.1 Å². The van der Waals surface area contributed by atoms with Crippen LogP contribution in [0.3, 0.4) is 0 Å².